The standard InChI is InChI=1S/C11H14O2S/c1-2-9-8-11(9)14(12,13)10-6-4-3-5-7-10/h3-7,9,11H,2,8H2,1H3. The van der Waals surface area contributed by atoms with Crippen LogP contribution in [-0.2, 0) is 9.84 Å². The van der Waals surface area contributed by atoms with Gasteiger partial charge in [0, 0.05) is 0 Å². The quantitative estimate of drug-likeness (QED) is 0.767. The van der Waals surface area contributed by atoms with E-state index in [4.69, 9.17) is 0 Å². The number of rotatable bonds is 3. The van der Waals surface area contributed by atoms with Crippen molar-refractivity contribution in [1.29, 1.82) is 0 Å². The highest BCUT2D eigenvalue weighted by Crippen LogP contribution is 2.42. The maximum Gasteiger partial charge on any atom is 0.181 e. The van der Waals surface area contributed by atoms with E-state index in [1.165, 1.54) is 0 Å². The second kappa shape index (κ2) is 3.39. The van der Waals surface area contributed by atoms with Gasteiger partial charge in [-0.25, -0.2) is 8.42 Å². The van der Waals surface area contributed by atoms with Crippen molar-refractivity contribution < 1.29 is 8.42 Å². The van der Waals surface area contributed by atoms with Crippen LogP contribution >= 0.6 is 0 Å². The van der Waals surface area contributed by atoms with Gasteiger partial charge in [-0.1, -0.05) is 31.5 Å². The highest BCUT2D eigenvalue weighted by Gasteiger charge is 2.46. The fourth-order valence-electron chi connectivity index (χ4n) is 1.81. The van der Waals surface area contributed by atoms with E-state index >= 15 is 0 Å². The average Bonchev–Trinajstić information content (AvgIpc) is 2.98. The molecule has 1 fully saturated rings. The van der Waals surface area contributed by atoms with E-state index in [2.05, 4.69) is 0 Å². The van der Waals surface area contributed by atoms with Crippen LogP contribution in [0.5, 0.6) is 0 Å². The zero-order valence-corrected chi connectivity index (χ0v) is 9.00. The van der Waals surface area contributed by atoms with Gasteiger partial charge in [0.15, 0.2) is 9.84 Å². The van der Waals surface area contributed by atoms with Crippen molar-refractivity contribution in [1.82, 2.24) is 0 Å². The summed E-state index contributed by atoms with van der Waals surface area (Å²) in [4.78, 5) is 0.473. The van der Waals surface area contributed by atoms with Gasteiger partial charge in [0.05, 0.1) is 10.1 Å². The predicted octanol–water partition coefficient (Wildman–Crippen LogP) is 2.26. The van der Waals surface area contributed by atoms with Gasteiger partial charge in [-0.15, -0.1) is 0 Å². The average molecular weight is 210 g/mol. The van der Waals surface area contributed by atoms with Crippen molar-refractivity contribution in [2.45, 2.75) is 29.9 Å². The zero-order chi connectivity index (χ0) is 10.2. The van der Waals surface area contributed by atoms with Crippen molar-refractivity contribution in [2.75, 3.05) is 0 Å². The molecule has 0 heterocycles. The van der Waals surface area contributed by atoms with Crippen LogP contribution in [0.15, 0.2) is 35.2 Å². The molecule has 2 unspecified atom stereocenters. The number of hydrogen-bond donors (Lipinski definition) is 0. The van der Waals surface area contributed by atoms with Gasteiger partial charge in [-0.2, -0.15) is 0 Å². The van der Waals surface area contributed by atoms with Crippen molar-refractivity contribution >= 4 is 9.84 Å². The Bertz CT molecular complexity index is 408. The lowest BCUT2D eigenvalue weighted by atomic mass is 10.3. The lowest BCUT2D eigenvalue weighted by Crippen LogP contribution is -2.09. The third kappa shape index (κ3) is 1.57. The highest BCUT2D eigenvalue weighted by atomic mass is 32.2. The third-order valence-corrected chi connectivity index (χ3v) is 5.16. The molecule has 1 aliphatic rings. The van der Waals surface area contributed by atoms with Crippen LogP contribution in [0, 0.1) is 5.92 Å². The van der Waals surface area contributed by atoms with Gasteiger partial charge in [-0.3, -0.25) is 0 Å². The van der Waals surface area contributed by atoms with Crippen LogP contribution in [0.3, 0.4) is 0 Å². The summed E-state index contributed by atoms with van der Waals surface area (Å²) in [6, 6.07) is 8.75. The molecule has 14 heavy (non-hydrogen) atoms. The van der Waals surface area contributed by atoms with E-state index in [9.17, 15) is 8.42 Å². The minimum atomic E-state index is -3.03. The number of benzene rings is 1. The maximum atomic E-state index is 12.0. The minimum absolute atomic E-state index is 0.116. The topological polar surface area (TPSA) is 34.1 Å². The Morgan fingerprint density at radius 1 is 1.29 bits per heavy atom. The van der Waals surface area contributed by atoms with Crippen LogP contribution in [0.25, 0.3) is 0 Å². The molecule has 1 saturated carbocycles. The Morgan fingerprint density at radius 3 is 2.43 bits per heavy atom. The third-order valence-electron chi connectivity index (χ3n) is 2.85. The molecule has 0 radical (unpaired) electrons. The molecule has 0 saturated heterocycles. The molecule has 1 aliphatic carbocycles. The first kappa shape index (κ1) is 9.71. The van der Waals surface area contributed by atoms with Gasteiger partial charge in [-0.05, 0) is 24.5 Å². The second-order valence-electron chi connectivity index (χ2n) is 3.80. The van der Waals surface area contributed by atoms with E-state index in [-0.39, 0.29) is 5.25 Å². The summed E-state index contributed by atoms with van der Waals surface area (Å²) in [6.45, 7) is 2.05. The molecule has 2 nitrogen and oxygen atoms in total. The maximum absolute atomic E-state index is 12.0. The first-order valence-corrected chi connectivity index (χ1v) is 6.50. The van der Waals surface area contributed by atoms with Crippen molar-refractivity contribution in [3.05, 3.63) is 30.3 Å². The van der Waals surface area contributed by atoms with E-state index in [0.29, 0.717) is 10.8 Å². The summed E-state index contributed by atoms with van der Waals surface area (Å²) in [6.07, 6.45) is 1.81. The molecule has 0 aliphatic heterocycles. The summed E-state index contributed by atoms with van der Waals surface area (Å²) < 4.78 is 23.9. The first-order chi connectivity index (χ1) is 6.66. The Kier molecular flexibility index (Phi) is 2.35. The number of sulfone groups is 1. The smallest absolute Gasteiger partial charge is 0.181 e. The SMILES string of the molecule is CCC1CC1S(=O)(=O)c1ccccc1. The van der Waals surface area contributed by atoms with Crippen molar-refractivity contribution in [2.24, 2.45) is 5.92 Å². The Hall–Kier alpha value is -0.830. The van der Waals surface area contributed by atoms with Gasteiger partial charge in [0.25, 0.3) is 0 Å². The normalized spacial score (nSPS) is 26.1. The fourth-order valence-corrected chi connectivity index (χ4v) is 3.90. The van der Waals surface area contributed by atoms with E-state index < -0.39 is 9.84 Å². The Balaban J connectivity index is 2.27. The predicted molar refractivity (Wildman–Crippen MR) is 55.8 cm³/mol. The first-order valence-electron chi connectivity index (χ1n) is 4.95. The lowest BCUT2D eigenvalue weighted by Gasteiger charge is -2.02. The van der Waals surface area contributed by atoms with Crippen LogP contribution in [0.2, 0.25) is 0 Å². The molecule has 1 aromatic carbocycles. The second-order valence-corrected chi connectivity index (χ2v) is 5.97. The molecule has 0 amide bonds. The van der Waals surface area contributed by atoms with Crippen LogP contribution in [0.4, 0.5) is 0 Å². The molecule has 0 N–H and O–H groups in total. The molecule has 2 atom stereocenters. The molecular formula is C11H14O2S. The fraction of sp³-hybridized carbons (Fsp3) is 0.455. The van der Waals surface area contributed by atoms with Gasteiger partial charge in [0.1, 0.15) is 0 Å². The molecule has 0 bridgehead atoms. The Labute approximate surface area is 84.9 Å². The zero-order valence-electron chi connectivity index (χ0n) is 8.18. The largest absolute Gasteiger partial charge is 0.223 e. The van der Waals surface area contributed by atoms with Gasteiger partial charge >= 0.3 is 0 Å². The highest BCUT2D eigenvalue weighted by molar-refractivity contribution is 7.92. The minimum Gasteiger partial charge on any atom is -0.223 e. The molecule has 0 aromatic heterocycles. The molecule has 0 spiro atoms. The van der Waals surface area contributed by atoms with Gasteiger partial charge in [0.2, 0.25) is 0 Å². The summed E-state index contributed by atoms with van der Waals surface area (Å²) >= 11 is 0. The van der Waals surface area contributed by atoms with Crippen molar-refractivity contribution in [3.63, 3.8) is 0 Å². The van der Waals surface area contributed by atoms with Crippen LogP contribution < -0.4 is 0 Å². The summed E-state index contributed by atoms with van der Waals surface area (Å²) in [5, 5.41) is -0.116. The van der Waals surface area contributed by atoms with E-state index in [0.717, 1.165) is 12.8 Å². The molecule has 1 aromatic rings. The molecule has 3 heteroatoms. The summed E-state index contributed by atoms with van der Waals surface area (Å²) in [5.74, 6) is 0.389. The van der Waals surface area contributed by atoms with E-state index in [1.54, 1.807) is 24.3 Å². The monoisotopic (exact) mass is 210 g/mol. The van der Waals surface area contributed by atoms with Crippen LogP contribution in [0.1, 0.15) is 19.8 Å². The lowest BCUT2D eigenvalue weighted by molar-refractivity contribution is 0.591. The van der Waals surface area contributed by atoms with Crippen molar-refractivity contribution in [3.8, 4) is 0 Å². The van der Waals surface area contributed by atoms with E-state index in [1.807, 2.05) is 13.0 Å². The molecule has 76 valence electrons. The van der Waals surface area contributed by atoms with Crippen LogP contribution in [-0.4, -0.2) is 13.7 Å². The molecule has 2 rings (SSSR count). The molecular weight excluding hydrogens is 196 g/mol. The summed E-state index contributed by atoms with van der Waals surface area (Å²) in [5.41, 5.74) is 0. The Morgan fingerprint density at radius 2 is 1.93 bits per heavy atom. The number of hydrogen-bond acceptors (Lipinski definition) is 2. The summed E-state index contributed by atoms with van der Waals surface area (Å²) in [7, 11) is -3.03. The van der Waals surface area contributed by atoms with Gasteiger partial charge < -0.3 is 0 Å².